The van der Waals surface area contributed by atoms with Crippen LogP contribution in [0.3, 0.4) is 0 Å². The molecule has 0 aliphatic carbocycles. The Hall–Kier alpha value is -0.280. The van der Waals surface area contributed by atoms with E-state index in [1.807, 2.05) is 6.08 Å². The van der Waals surface area contributed by atoms with Gasteiger partial charge in [0.15, 0.2) is 0 Å². The van der Waals surface area contributed by atoms with Crippen LogP contribution in [0, 0.1) is 0 Å². The summed E-state index contributed by atoms with van der Waals surface area (Å²) in [6.07, 6.45) is 4.08. The topological polar surface area (TPSA) is 37.3 Å². The summed E-state index contributed by atoms with van der Waals surface area (Å²) in [6.45, 7) is 0.162. The Kier molecular flexibility index (Phi) is 2.30. The van der Waals surface area contributed by atoms with Crippen molar-refractivity contribution in [3.8, 4) is 0 Å². The van der Waals surface area contributed by atoms with Crippen molar-refractivity contribution >= 4 is 16.9 Å². The van der Waals surface area contributed by atoms with Gasteiger partial charge < -0.3 is 5.11 Å². The van der Waals surface area contributed by atoms with Crippen molar-refractivity contribution in [3.63, 3.8) is 0 Å². The quantitative estimate of drug-likeness (QED) is 0.615. The van der Waals surface area contributed by atoms with E-state index in [-0.39, 0.29) is 17.0 Å². The summed E-state index contributed by atoms with van der Waals surface area (Å²) in [6, 6.07) is 0. The van der Waals surface area contributed by atoms with Crippen molar-refractivity contribution in [2.45, 2.75) is 11.7 Å². The van der Waals surface area contributed by atoms with Crippen LogP contribution in [0.2, 0.25) is 0 Å². The molecule has 0 amide bonds. The SMILES string of the molecule is O=C1C=CC(CCO)S1. The lowest BCUT2D eigenvalue weighted by Gasteiger charge is -1.99. The number of aliphatic hydroxyl groups is 1. The molecular weight excluding hydrogens is 136 g/mol. The minimum absolute atomic E-state index is 0.105. The van der Waals surface area contributed by atoms with Crippen LogP contribution >= 0.6 is 11.8 Å². The van der Waals surface area contributed by atoms with Crippen LogP contribution in [-0.4, -0.2) is 22.1 Å². The molecule has 1 heterocycles. The Morgan fingerprint density at radius 3 is 3.00 bits per heavy atom. The van der Waals surface area contributed by atoms with E-state index < -0.39 is 0 Å². The molecular formula is C6H8O2S. The van der Waals surface area contributed by atoms with Crippen molar-refractivity contribution in [2.24, 2.45) is 0 Å². The number of carbonyl (C=O) groups is 1. The lowest BCUT2D eigenvalue weighted by molar-refractivity contribution is -0.106. The Bertz CT molecular complexity index is 142. The molecule has 1 rings (SSSR count). The predicted molar refractivity (Wildman–Crippen MR) is 37.2 cm³/mol. The summed E-state index contributed by atoms with van der Waals surface area (Å²) in [5.41, 5.74) is 0. The molecule has 0 radical (unpaired) electrons. The molecule has 1 unspecified atom stereocenters. The van der Waals surface area contributed by atoms with Crippen LogP contribution in [0.5, 0.6) is 0 Å². The Balaban J connectivity index is 2.32. The maximum Gasteiger partial charge on any atom is 0.212 e. The van der Waals surface area contributed by atoms with Gasteiger partial charge >= 0.3 is 0 Å². The summed E-state index contributed by atoms with van der Waals surface area (Å²) in [5, 5.41) is 8.78. The number of aliphatic hydroxyl groups excluding tert-OH is 1. The monoisotopic (exact) mass is 144 g/mol. The first-order valence-corrected chi connectivity index (χ1v) is 3.70. The standard InChI is InChI=1S/C6H8O2S/c7-4-3-5-1-2-6(8)9-5/h1-2,5,7H,3-4H2. The van der Waals surface area contributed by atoms with Crippen molar-refractivity contribution < 1.29 is 9.90 Å². The van der Waals surface area contributed by atoms with E-state index >= 15 is 0 Å². The maximum atomic E-state index is 10.5. The second-order valence-corrected chi connectivity index (χ2v) is 3.09. The van der Waals surface area contributed by atoms with Crippen LogP contribution < -0.4 is 0 Å². The third-order valence-electron chi connectivity index (χ3n) is 1.13. The average Bonchev–Trinajstić information content (AvgIpc) is 2.17. The van der Waals surface area contributed by atoms with Gasteiger partial charge in [-0.1, -0.05) is 17.8 Å². The number of carbonyl (C=O) groups excluding carboxylic acids is 1. The smallest absolute Gasteiger partial charge is 0.212 e. The van der Waals surface area contributed by atoms with Gasteiger partial charge in [-0.3, -0.25) is 4.79 Å². The van der Waals surface area contributed by atoms with Crippen LogP contribution in [0.25, 0.3) is 0 Å². The molecule has 0 aromatic carbocycles. The van der Waals surface area contributed by atoms with Gasteiger partial charge in [-0.25, -0.2) is 0 Å². The predicted octanol–water partition coefficient (Wildman–Crippen LogP) is 0.567. The van der Waals surface area contributed by atoms with Gasteiger partial charge in [0.1, 0.15) is 0 Å². The van der Waals surface area contributed by atoms with Gasteiger partial charge in [0.05, 0.1) is 0 Å². The molecule has 1 aliphatic heterocycles. The highest BCUT2D eigenvalue weighted by atomic mass is 32.2. The second-order valence-electron chi connectivity index (χ2n) is 1.85. The van der Waals surface area contributed by atoms with E-state index in [0.717, 1.165) is 0 Å². The molecule has 0 spiro atoms. The molecule has 1 aliphatic rings. The Labute approximate surface area is 57.9 Å². The van der Waals surface area contributed by atoms with Crippen LogP contribution in [-0.2, 0) is 4.79 Å². The van der Waals surface area contributed by atoms with E-state index in [1.54, 1.807) is 6.08 Å². The van der Waals surface area contributed by atoms with E-state index in [9.17, 15) is 4.79 Å². The highest BCUT2D eigenvalue weighted by molar-refractivity contribution is 8.15. The molecule has 0 saturated heterocycles. The third-order valence-corrected chi connectivity index (χ3v) is 2.19. The van der Waals surface area contributed by atoms with Crippen molar-refractivity contribution in [1.29, 1.82) is 0 Å². The molecule has 9 heavy (non-hydrogen) atoms. The number of thioether (sulfide) groups is 1. The zero-order chi connectivity index (χ0) is 6.69. The van der Waals surface area contributed by atoms with Crippen LogP contribution in [0.4, 0.5) is 0 Å². The number of rotatable bonds is 2. The van der Waals surface area contributed by atoms with Crippen molar-refractivity contribution in [3.05, 3.63) is 12.2 Å². The maximum absolute atomic E-state index is 10.5. The fraction of sp³-hybridized carbons (Fsp3) is 0.500. The number of hydrogen-bond acceptors (Lipinski definition) is 3. The first-order chi connectivity index (χ1) is 4.33. The van der Waals surface area contributed by atoms with Crippen LogP contribution in [0.15, 0.2) is 12.2 Å². The van der Waals surface area contributed by atoms with Crippen LogP contribution in [0.1, 0.15) is 6.42 Å². The average molecular weight is 144 g/mol. The molecule has 1 atom stereocenters. The lowest BCUT2D eigenvalue weighted by Crippen LogP contribution is -1.98. The van der Waals surface area contributed by atoms with E-state index in [0.29, 0.717) is 6.42 Å². The third kappa shape index (κ3) is 1.84. The zero-order valence-electron chi connectivity index (χ0n) is 4.91. The van der Waals surface area contributed by atoms with Gasteiger partial charge in [-0.15, -0.1) is 0 Å². The van der Waals surface area contributed by atoms with E-state index in [4.69, 9.17) is 5.11 Å². The molecule has 1 N–H and O–H groups in total. The fourth-order valence-corrected chi connectivity index (χ4v) is 1.53. The van der Waals surface area contributed by atoms with Gasteiger partial charge in [0.2, 0.25) is 5.12 Å². The molecule has 2 nitrogen and oxygen atoms in total. The van der Waals surface area contributed by atoms with Crippen molar-refractivity contribution in [1.82, 2.24) is 0 Å². The highest BCUT2D eigenvalue weighted by Crippen LogP contribution is 2.23. The van der Waals surface area contributed by atoms with Gasteiger partial charge in [0.25, 0.3) is 0 Å². The molecule has 0 fully saturated rings. The fourth-order valence-electron chi connectivity index (χ4n) is 0.696. The first-order valence-electron chi connectivity index (χ1n) is 2.82. The summed E-state index contributed by atoms with van der Waals surface area (Å²) in [7, 11) is 0. The minimum Gasteiger partial charge on any atom is -0.396 e. The molecule has 0 aromatic rings. The summed E-state index contributed by atoms with van der Waals surface area (Å²) >= 11 is 1.28. The molecule has 0 aromatic heterocycles. The summed E-state index contributed by atoms with van der Waals surface area (Å²) in [4.78, 5) is 10.5. The minimum atomic E-state index is 0.105. The summed E-state index contributed by atoms with van der Waals surface area (Å²) < 4.78 is 0. The Morgan fingerprint density at radius 1 is 1.78 bits per heavy atom. The van der Waals surface area contributed by atoms with E-state index in [2.05, 4.69) is 0 Å². The summed E-state index contributed by atoms with van der Waals surface area (Å²) in [5.74, 6) is 0. The van der Waals surface area contributed by atoms with Gasteiger partial charge in [0, 0.05) is 11.9 Å². The molecule has 0 saturated carbocycles. The Morgan fingerprint density at radius 2 is 2.56 bits per heavy atom. The highest BCUT2D eigenvalue weighted by Gasteiger charge is 2.14. The lowest BCUT2D eigenvalue weighted by atomic mass is 10.3. The normalized spacial score (nSPS) is 25.4. The first kappa shape index (κ1) is 6.83. The largest absolute Gasteiger partial charge is 0.396 e. The zero-order valence-corrected chi connectivity index (χ0v) is 5.73. The molecule has 50 valence electrons. The van der Waals surface area contributed by atoms with Crippen molar-refractivity contribution in [2.75, 3.05) is 6.61 Å². The van der Waals surface area contributed by atoms with E-state index in [1.165, 1.54) is 11.8 Å². The second kappa shape index (κ2) is 3.03. The molecule has 3 heteroatoms. The number of hydrogen-bond donors (Lipinski definition) is 1. The van der Waals surface area contributed by atoms with Gasteiger partial charge in [-0.05, 0) is 12.5 Å². The van der Waals surface area contributed by atoms with Gasteiger partial charge in [-0.2, -0.15) is 0 Å². The molecule has 0 bridgehead atoms.